The van der Waals surface area contributed by atoms with E-state index >= 15 is 0 Å². The smallest absolute Gasteiger partial charge is 0.200 e. The van der Waals surface area contributed by atoms with Crippen LogP contribution in [-0.2, 0) is 0 Å². The molecule has 0 bridgehead atoms. The van der Waals surface area contributed by atoms with Crippen LogP contribution in [0.2, 0.25) is 0 Å². The number of halogens is 2. The second kappa shape index (κ2) is 5.20. The minimum atomic E-state index is -1.41. The first-order chi connectivity index (χ1) is 7.47. The van der Waals surface area contributed by atoms with Crippen LogP contribution in [0.25, 0.3) is 0 Å². The third-order valence-electron chi connectivity index (χ3n) is 2.20. The van der Waals surface area contributed by atoms with Crippen molar-refractivity contribution < 1.29 is 24.1 Å². The number of rotatable bonds is 4. The van der Waals surface area contributed by atoms with Gasteiger partial charge in [0.25, 0.3) is 0 Å². The summed E-state index contributed by atoms with van der Waals surface area (Å²) in [6, 6.07) is 1.59. The van der Waals surface area contributed by atoms with Crippen molar-refractivity contribution in [3.05, 3.63) is 29.3 Å². The number of aromatic hydroxyl groups is 1. The van der Waals surface area contributed by atoms with Crippen molar-refractivity contribution in [1.29, 1.82) is 0 Å². The average Bonchev–Trinajstić information content (AvgIpc) is 2.24. The van der Waals surface area contributed by atoms with Gasteiger partial charge in [0.05, 0.1) is 6.10 Å². The lowest BCUT2D eigenvalue weighted by molar-refractivity contribution is 0.0147. The highest BCUT2D eigenvalue weighted by Crippen LogP contribution is 2.26. The number of aliphatic hydroxyl groups excluding tert-OH is 2. The van der Waals surface area contributed by atoms with Crippen molar-refractivity contribution in [3.8, 4) is 5.75 Å². The molecule has 0 aliphatic rings. The van der Waals surface area contributed by atoms with Crippen LogP contribution in [0, 0.1) is 11.6 Å². The summed E-state index contributed by atoms with van der Waals surface area (Å²) in [6.45, 7) is 0.147. The van der Waals surface area contributed by atoms with Gasteiger partial charge in [0.1, 0.15) is 6.10 Å². The summed E-state index contributed by atoms with van der Waals surface area (Å²) in [5, 5.41) is 28.0. The molecule has 1 aromatic carbocycles. The standard InChI is InChI=1S/C10H13F2NO3/c11-6-3-5(4-8(15)9(6)12)10(16)7(14)1-2-13/h3-4,7,10,14-16H,1-2,13H2. The highest BCUT2D eigenvalue weighted by Gasteiger charge is 2.20. The number of benzene rings is 1. The number of phenols is 1. The maximum absolute atomic E-state index is 12.9. The molecule has 2 atom stereocenters. The van der Waals surface area contributed by atoms with E-state index in [0.717, 1.165) is 12.1 Å². The van der Waals surface area contributed by atoms with Crippen molar-refractivity contribution in [2.24, 2.45) is 5.73 Å². The van der Waals surface area contributed by atoms with Crippen molar-refractivity contribution in [2.45, 2.75) is 18.6 Å². The van der Waals surface area contributed by atoms with Crippen LogP contribution in [0.4, 0.5) is 8.78 Å². The molecule has 0 fully saturated rings. The predicted molar refractivity (Wildman–Crippen MR) is 52.7 cm³/mol. The Morgan fingerprint density at radius 2 is 1.88 bits per heavy atom. The number of hydrogen-bond acceptors (Lipinski definition) is 4. The Bertz CT molecular complexity index is 350. The lowest BCUT2D eigenvalue weighted by Gasteiger charge is -2.17. The van der Waals surface area contributed by atoms with Crippen molar-refractivity contribution >= 4 is 0 Å². The molecule has 0 saturated carbocycles. The molecule has 1 rings (SSSR count). The summed E-state index contributed by atoms with van der Waals surface area (Å²) in [5.41, 5.74) is 5.07. The lowest BCUT2D eigenvalue weighted by Crippen LogP contribution is -2.21. The molecule has 0 radical (unpaired) electrons. The topological polar surface area (TPSA) is 86.7 Å². The minimum Gasteiger partial charge on any atom is -0.505 e. The van der Waals surface area contributed by atoms with Gasteiger partial charge in [-0.1, -0.05) is 0 Å². The predicted octanol–water partition coefficient (Wildman–Crippen LogP) is 0.414. The van der Waals surface area contributed by atoms with Gasteiger partial charge < -0.3 is 21.1 Å². The molecule has 6 heteroatoms. The molecule has 0 spiro atoms. The van der Waals surface area contributed by atoms with E-state index in [0.29, 0.717) is 0 Å². The maximum Gasteiger partial charge on any atom is 0.200 e. The Morgan fingerprint density at radius 1 is 1.25 bits per heavy atom. The van der Waals surface area contributed by atoms with Crippen LogP contribution < -0.4 is 5.73 Å². The molecule has 16 heavy (non-hydrogen) atoms. The second-order valence-electron chi connectivity index (χ2n) is 3.43. The molecule has 0 heterocycles. The molecule has 0 aliphatic heterocycles. The number of nitrogens with two attached hydrogens (primary N) is 1. The molecule has 5 N–H and O–H groups in total. The van der Waals surface area contributed by atoms with E-state index in [1.807, 2.05) is 0 Å². The molecule has 0 aliphatic carbocycles. The van der Waals surface area contributed by atoms with E-state index in [4.69, 9.17) is 10.8 Å². The SMILES string of the molecule is NCCC(O)C(O)c1cc(O)c(F)c(F)c1. The fourth-order valence-electron chi connectivity index (χ4n) is 1.32. The first-order valence-corrected chi connectivity index (χ1v) is 4.71. The number of aliphatic hydroxyl groups is 2. The molecule has 1 aromatic rings. The number of phenolic OH excluding ortho intramolecular Hbond substituents is 1. The van der Waals surface area contributed by atoms with Crippen LogP contribution in [0.5, 0.6) is 5.75 Å². The van der Waals surface area contributed by atoms with Crippen LogP contribution in [0.3, 0.4) is 0 Å². The second-order valence-corrected chi connectivity index (χ2v) is 3.43. The van der Waals surface area contributed by atoms with Crippen LogP contribution in [0.1, 0.15) is 18.1 Å². The van der Waals surface area contributed by atoms with E-state index < -0.39 is 29.6 Å². The Labute approximate surface area is 90.9 Å². The van der Waals surface area contributed by atoms with E-state index in [2.05, 4.69) is 0 Å². The summed E-state index contributed by atoms with van der Waals surface area (Å²) in [7, 11) is 0. The molecule has 0 amide bonds. The highest BCUT2D eigenvalue weighted by molar-refractivity contribution is 5.31. The maximum atomic E-state index is 12.9. The summed E-state index contributed by atoms with van der Waals surface area (Å²) < 4.78 is 25.6. The molecule has 0 saturated heterocycles. The zero-order valence-electron chi connectivity index (χ0n) is 8.40. The Balaban J connectivity index is 2.96. The van der Waals surface area contributed by atoms with E-state index in [1.54, 1.807) is 0 Å². The fourth-order valence-corrected chi connectivity index (χ4v) is 1.32. The van der Waals surface area contributed by atoms with Gasteiger partial charge in [0.15, 0.2) is 17.4 Å². The Morgan fingerprint density at radius 3 is 2.38 bits per heavy atom. The summed E-state index contributed by atoms with van der Waals surface area (Å²) in [6.07, 6.45) is -2.49. The largest absolute Gasteiger partial charge is 0.505 e. The van der Waals surface area contributed by atoms with Gasteiger partial charge in [0, 0.05) is 0 Å². The highest BCUT2D eigenvalue weighted by atomic mass is 19.2. The van der Waals surface area contributed by atoms with Crippen molar-refractivity contribution in [2.75, 3.05) is 6.54 Å². The molecule has 2 unspecified atom stereocenters. The molecular weight excluding hydrogens is 220 g/mol. The molecule has 4 nitrogen and oxygen atoms in total. The third-order valence-corrected chi connectivity index (χ3v) is 2.20. The van der Waals surface area contributed by atoms with Gasteiger partial charge in [-0.2, -0.15) is 4.39 Å². The number of hydrogen-bond donors (Lipinski definition) is 4. The monoisotopic (exact) mass is 233 g/mol. The zero-order chi connectivity index (χ0) is 12.3. The van der Waals surface area contributed by atoms with Gasteiger partial charge in [-0.3, -0.25) is 0 Å². The first kappa shape index (κ1) is 12.8. The normalized spacial score (nSPS) is 14.8. The molecular formula is C10H13F2NO3. The lowest BCUT2D eigenvalue weighted by atomic mass is 10.0. The summed E-state index contributed by atoms with van der Waals surface area (Å²) >= 11 is 0. The van der Waals surface area contributed by atoms with Crippen LogP contribution >= 0.6 is 0 Å². The third kappa shape index (κ3) is 2.66. The van der Waals surface area contributed by atoms with Gasteiger partial charge in [-0.25, -0.2) is 4.39 Å². The van der Waals surface area contributed by atoms with Crippen molar-refractivity contribution in [3.63, 3.8) is 0 Å². The van der Waals surface area contributed by atoms with Crippen LogP contribution in [0.15, 0.2) is 12.1 Å². The van der Waals surface area contributed by atoms with E-state index in [1.165, 1.54) is 0 Å². The zero-order valence-corrected chi connectivity index (χ0v) is 8.40. The van der Waals surface area contributed by atoms with E-state index in [-0.39, 0.29) is 18.5 Å². The Hall–Kier alpha value is -1.24. The fraction of sp³-hybridized carbons (Fsp3) is 0.400. The van der Waals surface area contributed by atoms with Gasteiger partial charge >= 0.3 is 0 Å². The Kier molecular flexibility index (Phi) is 4.17. The van der Waals surface area contributed by atoms with Crippen LogP contribution in [-0.4, -0.2) is 28.0 Å². The first-order valence-electron chi connectivity index (χ1n) is 4.71. The summed E-state index contributed by atoms with van der Waals surface area (Å²) in [4.78, 5) is 0. The minimum absolute atomic E-state index is 0.0997. The summed E-state index contributed by atoms with van der Waals surface area (Å²) in [5.74, 6) is -3.58. The quantitative estimate of drug-likeness (QED) is 0.606. The van der Waals surface area contributed by atoms with Gasteiger partial charge in [-0.05, 0) is 30.7 Å². The van der Waals surface area contributed by atoms with E-state index in [9.17, 15) is 19.0 Å². The molecule has 90 valence electrons. The van der Waals surface area contributed by atoms with Gasteiger partial charge in [-0.15, -0.1) is 0 Å². The molecule has 0 aromatic heterocycles. The van der Waals surface area contributed by atoms with Crippen molar-refractivity contribution in [1.82, 2.24) is 0 Å². The van der Waals surface area contributed by atoms with Gasteiger partial charge in [0.2, 0.25) is 0 Å². The average molecular weight is 233 g/mol.